The van der Waals surface area contributed by atoms with Gasteiger partial charge in [-0.2, -0.15) is 0 Å². The lowest BCUT2D eigenvalue weighted by atomic mass is 10.1. The average molecular weight is 307 g/mol. The first kappa shape index (κ1) is 15.2. The van der Waals surface area contributed by atoms with E-state index in [9.17, 15) is 0 Å². The molecule has 1 aromatic rings. The van der Waals surface area contributed by atoms with Crippen molar-refractivity contribution in [2.24, 2.45) is 11.8 Å². The van der Waals surface area contributed by atoms with Crippen molar-refractivity contribution in [3.05, 3.63) is 28.8 Å². The number of nitrogens with one attached hydrogen (secondary N) is 1. The van der Waals surface area contributed by atoms with Crippen molar-refractivity contribution in [1.29, 1.82) is 0 Å². The predicted octanol–water partition coefficient (Wildman–Crippen LogP) is 4.46. The summed E-state index contributed by atoms with van der Waals surface area (Å²) < 4.78 is 0. The van der Waals surface area contributed by atoms with Gasteiger partial charge >= 0.3 is 0 Å². The summed E-state index contributed by atoms with van der Waals surface area (Å²) >= 11 is 6.57. The Morgan fingerprint density at radius 1 is 1.24 bits per heavy atom. The number of nitrogens with zero attached hydrogens (tertiary/aromatic N) is 1. The molecule has 0 heterocycles. The first-order valence-electron chi connectivity index (χ1n) is 8.40. The lowest BCUT2D eigenvalue weighted by Gasteiger charge is -2.28. The normalized spacial score (nSPS) is 18.3. The smallest absolute Gasteiger partial charge is 0.0643 e. The third kappa shape index (κ3) is 4.14. The molecule has 3 heteroatoms. The maximum Gasteiger partial charge on any atom is 0.0643 e. The van der Waals surface area contributed by atoms with Crippen LogP contribution in [0.4, 0.5) is 5.69 Å². The molecule has 0 aliphatic heterocycles. The molecule has 0 bridgehead atoms. The van der Waals surface area contributed by atoms with Crippen molar-refractivity contribution < 1.29 is 0 Å². The summed E-state index contributed by atoms with van der Waals surface area (Å²) in [4.78, 5) is 2.60. The minimum atomic E-state index is 0.679. The molecule has 3 rings (SSSR count). The number of benzene rings is 1. The summed E-state index contributed by atoms with van der Waals surface area (Å²) in [6.07, 6.45) is 5.46. The third-order valence-corrected chi connectivity index (χ3v) is 4.67. The largest absolute Gasteiger partial charge is 0.367 e. The molecule has 0 atom stereocenters. The molecule has 21 heavy (non-hydrogen) atoms. The molecular formula is C18H27ClN2. The number of para-hydroxylation sites is 1. The standard InChI is InChI=1S/C18H27ClN2/c1-13(2)10-20-11-15-4-3-5-17(19)18(15)21(16-8-9-16)12-14-6-7-14/h3-5,13-14,16,20H,6-12H2,1-2H3. The van der Waals surface area contributed by atoms with E-state index in [1.165, 1.54) is 43.5 Å². The van der Waals surface area contributed by atoms with Gasteiger partial charge in [-0.1, -0.05) is 37.6 Å². The van der Waals surface area contributed by atoms with E-state index in [1.54, 1.807) is 0 Å². The van der Waals surface area contributed by atoms with Gasteiger partial charge in [-0.25, -0.2) is 0 Å². The lowest BCUT2D eigenvalue weighted by molar-refractivity contribution is 0.551. The minimum absolute atomic E-state index is 0.679. The van der Waals surface area contributed by atoms with E-state index in [0.29, 0.717) is 5.92 Å². The Morgan fingerprint density at radius 2 is 2.00 bits per heavy atom. The third-order valence-electron chi connectivity index (χ3n) is 4.37. The summed E-state index contributed by atoms with van der Waals surface area (Å²) in [5.74, 6) is 1.58. The first-order valence-corrected chi connectivity index (χ1v) is 8.77. The van der Waals surface area contributed by atoms with Crippen molar-refractivity contribution in [3.8, 4) is 0 Å². The number of hydrogen-bond donors (Lipinski definition) is 1. The van der Waals surface area contributed by atoms with Gasteiger partial charge in [-0.05, 0) is 55.7 Å². The van der Waals surface area contributed by atoms with Gasteiger partial charge in [-0.3, -0.25) is 0 Å². The van der Waals surface area contributed by atoms with Crippen LogP contribution in [-0.4, -0.2) is 19.1 Å². The summed E-state index contributed by atoms with van der Waals surface area (Å²) in [5, 5.41) is 4.49. The Labute approximate surface area is 133 Å². The van der Waals surface area contributed by atoms with Crippen LogP contribution in [0.25, 0.3) is 0 Å². The lowest BCUT2D eigenvalue weighted by Crippen LogP contribution is -2.30. The summed E-state index contributed by atoms with van der Waals surface area (Å²) in [6.45, 7) is 7.66. The van der Waals surface area contributed by atoms with E-state index >= 15 is 0 Å². The van der Waals surface area contributed by atoms with E-state index in [0.717, 1.165) is 30.1 Å². The molecule has 0 spiro atoms. The van der Waals surface area contributed by atoms with Gasteiger partial charge in [0, 0.05) is 19.1 Å². The van der Waals surface area contributed by atoms with Crippen LogP contribution in [0.2, 0.25) is 5.02 Å². The van der Waals surface area contributed by atoms with Crippen LogP contribution in [-0.2, 0) is 6.54 Å². The predicted molar refractivity (Wildman–Crippen MR) is 91.1 cm³/mol. The molecule has 0 amide bonds. The molecule has 0 aromatic heterocycles. The van der Waals surface area contributed by atoms with E-state index in [1.807, 2.05) is 6.07 Å². The first-order chi connectivity index (χ1) is 10.1. The fraction of sp³-hybridized carbons (Fsp3) is 0.667. The van der Waals surface area contributed by atoms with Crippen molar-refractivity contribution in [3.63, 3.8) is 0 Å². The van der Waals surface area contributed by atoms with E-state index < -0.39 is 0 Å². The Hall–Kier alpha value is -0.730. The van der Waals surface area contributed by atoms with Crippen LogP contribution in [0.3, 0.4) is 0 Å². The van der Waals surface area contributed by atoms with Crippen LogP contribution < -0.4 is 10.2 Å². The average Bonchev–Trinajstić information content (AvgIpc) is 3.30. The Bertz CT molecular complexity index is 478. The Balaban J connectivity index is 1.77. The van der Waals surface area contributed by atoms with E-state index in [2.05, 4.69) is 36.2 Å². The van der Waals surface area contributed by atoms with Gasteiger partial charge in [0.25, 0.3) is 0 Å². The highest BCUT2D eigenvalue weighted by Gasteiger charge is 2.35. The zero-order valence-corrected chi connectivity index (χ0v) is 14.0. The van der Waals surface area contributed by atoms with Crippen LogP contribution in [0, 0.1) is 11.8 Å². The summed E-state index contributed by atoms with van der Waals surface area (Å²) in [6, 6.07) is 7.09. The van der Waals surface area contributed by atoms with E-state index in [4.69, 9.17) is 11.6 Å². The number of rotatable bonds is 8. The molecule has 2 saturated carbocycles. The molecule has 2 aliphatic rings. The van der Waals surface area contributed by atoms with Gasteiger partial charge in [0.2, 0.25) is 0 Å². The SMILES string of the molecule is CC(C)CNCc1cccc(Cl)c1N(CC1CC1)C1CC1. The van der Waals surface area contributed by atoms with Crippen molar-refractivity contribution in [1.82, 2.24) is 5.32 Å². The highest BCUT2D eigenvalue weighted by atomic mass is 35.5. The minimum Gasteiger partial charge on any atom is -0.367 e. The fourth-order valence-electron chi connectivity index (χ4n) is 2.91. The molecule has 0 unspecified atom stereocenters. The topological polar surface area (TPSA) is 15.3 Å². The second kappa shape index (κ2) is 6.58. The van der Waals surface area contributed by atoms with Crippen molar-refractivity contribution in [2.75, 3.05) is 18.0 Å². The van der Waals surface area contributed by atoms with Gasteiger partial charge in [0.1, 0.15) is 0 Å². The van der Waals surface area contributed by atoms with Crippen LogP contribution in [0.1, 0.15) is 45.1 Å². The van der Waals surface area contributed by atoms with Gasteiger partial charge in [-0.15, -0.1) is 0 Å². The molecule has 2 aliphatic carbocycles. The molecular weight excluding hydrogens is 280 g/mol. The number of hydrogen-bond acceptors (Lipinski definition) is 2. The number of halogens is 1. The molecule has 0 saturated heterocycles. The van der Waals surface area contributed by atoms with Crippen molar-refractivity contribution >= 4 is 17.3 Å². The van der Waals surface area contributed by atoms with Crippen LogP contribution >= 0.6 is 11.6 Å². The molecule has 2 fully saturated rings. The monoisotopic (exact) mass is 306 g/mol. The highest BCUT2D eigenvalue weighted by Crippen LogP contribution is 2.41. The van der Waals surface area contributed by atoms with E-state index in [-0.39, 0.29) is 0 Å². The second-order valence-corrected chi connectivity index (χ2v) is 7.51. The maximum absolute atomic E-state index is 6.57. The maximum atomic E-state index is 6.57. The summed E-state index contributed by atoms with van der Waals surface area (Å²) in [7, 11) is 0. The second-order valence-electron chi connectivity index (χ2n) is 7.10. The molecule has 116 valence electrons. The van der Waals surface area contributed by atoms with Crippen LogP contribution in [0.5, 0.6) is 0 Å². The molecule has 1 aromatic carbocycles. The van der Waals surface area contributed by atoms with Gasteiger partial charge < -0.3 is 10.2 Å². The highest BCUT2D eigenvalue weighted by molar-refractivity contribution is 6.33. The number of anilines is 1. The Morgan fingerprint density at radius 3 is 2.62 bits per heavy atom. The van der Waals surface area contributed by atoms with Gasteiger partial charge in [0.15, 0.2) is 0 Å². The molecule has 2 nitrogen and oxygen atoms in total. The van der Waals surface area contributed by atoms with Crippen LogP contribution in [0.15, 0.2) is 18.2 Å². The zero-order chi connectivity index (χ0) is 14.8. The van der Waals surface area contributed by atoms with Crippen molar-refractivity contribution in [2.45, 2.75) is 52.1 Å². The molecule has 0 radical (unpaired) electrons. The Kier molecular flexibility index (Phi) is 4.75. The fourth-order valence-corrected chi connectivity index (χ4v) is 3.21. The zero-order valence-electron chi connectivity index (χ0n) is 13.2. The quantitative estimate of drug-likeness (QED) is 0.762. The summed E-state index contributed by atoms with van der Waals surface area (Å²) in [5.41, 5.74) is 2.65. The van der Waals surface area contributed by atoms with Gasteiger partial charge in [0.05, 0.1) is 10.7 Å². The molecule has 1 N–H and O–H groups in total.